The van der Waals surface area contributed by atoms with Gasteiger partial charge in [0.15, 0.2) is 0 Å². The van der Waals surface area contributed by atoms with E-state index < -0.39 is 5.41 Å². The molecule has 0 aromatic heterocycles. The van der Waals surface area contributed by atoms with Crippen LogP contribution in [-0.4, -0.2) is 31.7 Å². The summed E-state index contributed by atoms with van der Waals surface area (Å²) in [4.78, 5) is 12.0. The van der Waals surface area contributed by atoms with Gasteiger partial charge in [0.25, 0.3) is 0 Å². The van der Waals surface area contributed by atoms with Gasteiger partial charge in [-0.1, -0.05) is 13.8 Å². The molecule has 3 N–H and O–H groups in total. The van der Waals surface area contributed by atoms with Crippen LogP contribution in [0.3, 0.4) is 0 Å². The normalized spacial score (nSPS) is 40.8. The lowest BCUT2D eigenvalue weighted by molar-refractivity contribution is -0.130. The molecule has 1 aliphatic carbocycles. The van der Waals surface area contributed by atoms with Crippen LogP contribution < -0.4 is 11.1 Å². The number of ether oxygens (including phenoxy) is 1. The summed E-state index contributed by atoms with van der Waals surface area (Å²) >= 11 is 0. The van der Waals surface area contributed by atoms with Gasteiger partial charge in [0.05, 0.1) is 18.6 Å². The van der Waals surface area contributed by atoms with E-state index in [2.05, 4.69) is 19.2 Å². The van der Waals surface area contributed by atoms with Crippen molar-refractivity contribution in [1.29, 1.82) is 0 Å². The average Bonchev–Trinajstić information content (AvgIpc) is 2.66. The molecule has 92 valence electrons. The third kappa shape index (κ3) is 1.96. The minimum atomic E-state index is -0.543. The molecule has 1 aliphatic heterocycles. The van der Waals surface area contributed by atoms with Gasteiger partial charge in [-0.3, -0.25) is 4.79 Å². The van der Waals surface area contributed by atoms with Crippen molar-refractivity contribution in [3.63, 3.8) is 0 Å². The van der Waals surface area contributed by atoms with Crippen LogP contribution in [0.4, 0.5) is 0 Å². The Labute approximate surface area is 96.9 Å². The molecule has 0 bridgehead atoms. The van der Waals surface area contributed by atoms with Gasteiger partial charge in [0, 0.05) is 12.6 Å². The number of hydrogen-bond acceptors (Lipinski definition) is 3. The van der Waals surface area contributed by atoms with Crippen LogP contribution in [-0.2, 0) is 9.53 Å². The highest BCUT2D eigenvalue weighted by Gasteiger charge is 2.48. The van der Waals surface area contributed by atoms with Crippen LogP contribution in [0.25, 0.3) is 0 Å². The largest absolute Gasteiger partial charge is 0.379 e. The second-order valence-corrected chi connectivity index (χ2v) is 6.14. The molecule has 1 amide bonds. The number of hydrogen-bond donors (Lipinski definition) is 2. The smallest absolute Gasteiger partial charge is 0.229 e. The van der Waals surface area contributed by atoms with E-state index in [9.17, 15) is 4.79 Å². The Morgan fingerprint density at radius 1 is 1.50 bits per heavy atom. The van der Waals surface area contributed by atoms with Gasteiger partial charge in [-0.2, -0.15) is 0 Å². The Morgan fingerprint density at radius 2 is 2.12 bits per heavy atom. The molecule has 16 heavy (non-hydrogen) atoms. The fourth-order valence-electron chi connectivity index (χ4n) is 2.27. The predicted molar refractivity (Wildman–Crippen MR) is 61.8 cm³/mol. The van der Waals surface area contributed by atoms with E-state index in [1.165, 1.54) is 6.42 Å². The fraction of sp³-hybridized carbons (Fsp3) is 0.917. The maximum atomic E-state index is 12.0. The second kappa shape index (κ2) is 3.70. The van der Waals surface area contributed by atoms with Crippen molar-refractivity contribution in [3.05, 3.63) is 0 Å². The highest BCUT2D eigenvalue weighted by molar-refractivity contribution is 5.83. The molecule has 0 aromatic carbocycles. The van der Waals surface area contributed by atoms with Gasteiger partial charge in [-0.05, 0) is 24.7 Å². The lowest BCUT2D eigenvalue weighted by atomic mass is 9.85. The number of nitrogens with one attached hydrogen (secondary N) is 1. The number of carbonyl (C=O) groups is 1. The predicted octanol–water partition coefficient (Wildman–Crippen LogP) is 0.513. The zero-order valence-corrected chi connectivity index (χ0v) is 10.4. The summed E-state index contributed by atoms with van der Waals surface area (Å²) in [5.74, 6) is 0.666. The topological polar surface area (TPSA) is 64.3 Å². The lowest BCUT2D eigenvalue weighted by Crippen LogP contribution is -2.50. The molecule has 2 fully saturated rings. The molecule has 1 saturated heterocycles. The van der Waals surface area contributed by atoms with Crippen molar-refractivity contribution in [2.24, 2.45) is 22.5 Å². The Kier molecular flexibility index (Phi) is 2.75. The first-order valence-electron chi connectivity index (χ1n) is 5.98. The van der Waals surface area contributed by atoms with Gasteiger partial charge in [-0.25, -0.2) is 0 Å². The van der Waals surface area contributed by atoms with Crippen LogP contribution in [0.1, 0.15) is 27.2 Å². The number of rotatable bonds is 3. The fourth-order valence-corrected chi connectivity index (χ4v) is 2.27. The van der Waals surface area contributed by atoms with Gasteiger partial charge in [-0.15, -0.1) is 0 Å². The van der Waals surface area contributed by atoms with E-state index in [-0.39, 0.29) is 11.9 Å². The van der Waals surface area contributed by atoms with E-state index in [1.54, 1.807) is 0 Å². The van der Waals surface area contributed by atoms with Crippen molar-refractivity contribution < 1.29 is 9.53 Å². The highest BCUT2D eigenvalue weighted by Crippen LogP contribution is 2.51. The molecule has 0 radical (unpaired) electrons. The van der Waals surface area contributed by atoms with E-state index in [0.717, 1.165) is 6.54 Å². The van der Waals surface area contributed by atoms with E-state index >= 15 is 0 Å². The first-order chi connectivity index (χ1) is 7.36. The third-order valence-electron chi connectivity index (χ3n) is 4.26. The Hall–Kier alpha value is -0.610. The minimum Gasteiger partial charge on any atom is -0.379 e. The summed E-state index contributed by atoms with van der Waals surface area (Å²) < 4.78 is 5.27. The highest BCUT2D eigenvalue weighted by atomic mass is 16.5. The van der Waals surface area contributed by atoms with Crippen LogP contribution in [0.5, 0.6) is 0 Å². The van der Waals surface area contributed by atoms with E-state index in [1.807, 2.05) is 6.92 Å². The van der Waals surface area contributed by atoms with Crippen LogP contribution in [0.2, 0.25) is 0 Å². The van der Waals surface area contributed by atoms with Crippen molar-refractivity contribution in [2.45, 2.75) is 33.2 Å². The zero-order chi connectivity index (χ0) is 12.0. The van der Waals surface area contributed by atoms with Crippen LogP contribution in [0.15, 0.2) is 0 Å². The van der Waals surface area contributed by atoms with Gasteiger partial charge in [0.2, 0.25) is 5.91 Å². The maximum absolute atomic E-state index is 12.0. The number of carbonyl (C=O) groups excluding carboxylic acids is 1. The number of amides is 1. The Bertz CT molecular complexity index is 303. The van der Waals surface area contributed by atoms with Gasteiger partial charge in [0.1, 0.15) is 0 Å². The van der Waals surface area contributed by atoms with Crippen molar-refractivity contribution in [2.75, 3.05) is 19.8 Å². The summed E-state index contributed by atoms with van der Waals surface area (Å²) in [5.41, 5.74) is 5.77. The number of nitrogens with two attached hydrogens (primary N) is 1. The van der Waals surface area contributed by atoms with Crippen molar-refractivity contribution in [3.8, 4) is 0 Å². The van der Waals surface area contributed by atoms with Gasteiger partial charge < -0.3 is 15.8 Å². The summed E-state index contributed by atoms with van der Waals surface area (Å²) in [5, 5.41) is 3.01. The molecule has 2 aliphatic rings. The molecule has 1 saturated carbocycles. The molecule has 4 nitrogen and oxygen atoms in total. The lowest BCUT2D eigenvalue weighted by Gasteiger charge is -2.25. The SMILES string of the molecule is CC1(C)CC1CNC(=O)C1(C)COCC1N. The zero-order valence-electron chi connectivity index (χ0n) is 10.4. The van der Waals surface area contributed by atoms with E-state index in [0.29, 0.717) is 24.5 Å². The van der Waals surface area contributed by atoms with Crippen molar-refractivity contribution in [1.82, 2.24) is 5.32 Å². The molecule has 0 spiro atoms. The third-order valence-corrected chi connectivity index (χ3v) is 4.26. The van der Waals surface area contributed by atoms with Crippen molar-refractivity contribution >= 4 is 5.91 Å². The molecule has 3 unspecified atom stereocenters. The first kappa shape index (κ1) is 11.9. The average molecular weight is 226 g/mol. The maximum Gasteiger partial charge on any atom is 0.229 e. The summed E-state index contributed by atoms with van der Waals surface area (Å²) in [6, 6.07) is -0.181. The minimum absolute atomic E-state index is 0.0419. The summed E-state index contributed by atoms with van der Waals surface area (Å²) in [6.45, 7) is 8.05. The quantitative estimate of drug-likeness (QED) is 0.737. The molecule has 1 heterocycles. The molecule has 2 rings (SSSR count). The summed E-state index contributed by atoms with van der Waals surface area (Å²) in [6.07, 6.45) is 1.20. The molecular formula is C12H22N2O2. The first-order valence-corrected chi connectivity index (χ1v) is 5.98. The monoisotopic (exact) mass is 226 g/mol. The Morgan fingerprint density at radius 3 is 2.56 bits per heavy atom. The van der Waals surface area contributed by atoms with Crippen LogP contribution >= 0.6 is 0 Å². The Balaban J connectivity index is 1.84. The van der Waals surface area contributed by atoms with Gasteiger partial charge >= 0.3 is 0 Å². The standard InChI is InChI=1S/C12H22N2O2/c1-11(2)4-8(11)5-14-10(15)12(3)7-16-6-9(12)13/h8-9H,4-7,13H2,1-3H3,(H,14,15). The van der Waals surface area contributed by atoms with E-state index in [4.69, 9.17) is 10.5 Å². The molecule has 0 aromatic rings. The molecule has 3 atom stereocenters. The molecular weight excluding hydrogens is 204 g/mol. The molecule has 4 heteroatoms. The van der Waals surface area contributed by atoms with Crippen LogP contribution in [0, 0.1) is 16.7 Å². The second-order valence-electron chi connectivity index (χ2n) is 6.14. The summed E-state index contributed by atoms with van der Waals surface area (Å²) in [7, 11) is 0.